The lowest BCUT2D eigenvalue weighted by Crippen LogP contribution is -2.53. The zero-order chi connectivity index (χ0) is 17.2. The van der Waals surface area contributed by atoms with Crippen LogP contribution in [0.5, 0.6) is 0 Å². The highest BCUT2D eigenvalue weighted by molar-refractivity contribution is 5.82. The lowest BCUT2D eigenvalue weighted by Gasteiger charge is -2.36. The van der Waals surface area contributed by atoms with Crippen LogP contribution in [-0.4, -0.2) is 72.9 Å². The van der Waals surface area contributed by atoms with Gasteiger partial charge < -0.3 is 19.3 Å². The number of aromatic nitrogens is 2. The number of hydrogen-bond donors (Lipinski definition) is 0. The van der Waals surface area contributed by atoms with Gasteiger partial charge in [0, 0.05) is 31.2 Å². The fourth-order valence-electron chi connectivity index (χ4n) is 2.88. The van der Waals surface area contributed by atoms with Crippen LogP contribution in [-0.2, 0) is 19.7 Å². The first-order chi connectivity index (χ1) is 11.4. The molecule has 24 heavy (non-hydrogen) atoms. The third kappa shape index (κ3) is 3.84. The molecular weight excluding hydrogens is 308 g/mol. The molecule has 0 aromatic carbocycles. The third-order valence-corrected chi connectivity index (χ3v) is 4.30. The van der Waals surface area contributed by atoms with E-state index < -0.39 is 6.10 Å². The Labute approximate surface area is 143 Å². The molecule has 2 aliphatic rings. The van der Waals surface area contributed by atoms with Crippen LogP contribution in [0.25, 0.3) is 0 Å². The molecular formula is C17H26N4O3. The van der Waals surface area contributed by atoms with Crippen LogP contribution in [0, 0.1) is 0 Å². The molecule has 0 N–H and O–H groups in total. The Balaban J connectivity index is 1.70. The van der Waals surface area contributed by atoms with Gasteiger partial charge in [-0.05, 0) is 6.07 Å². The maximum absolute atomic E-state index is 12.6. The summed E-state index contributed by atoms with van der Waals surface area (Å²) in [5.74, 6) is 1.72. The molecule has 3 heterocycles. The number of morpholine rings is 2. The quantitative estimate of drug-likeness (QED) is 0.798. The van der Waals surface area contributed by atoms with Crippen LogP contribution in [0.2, 0.25) is 0 Å². The topological polar surface area (TPSA) is 67.8 Å². The summed E-state index contributed by atoms with van der Waals surface area (Å²) in [7, 11) is 0. The van der Waals surface area contributed by atoms with E-state index in [9.17, 15) is 4.79 Å². The summed E-state index contributed by atoms with van der Waals surface area (Å²) in [6.45, 7) is 10.5. The molecule has 2 aliphatic heterocycles. The number of carbonyl (C=O) groups excluding carboxylic acids is 1. The molecule has 3 rings (SSSR count). The van der Waals surface area contributed by atoms with Gasteiger partial charge in [0.1, 0.15) is 11.6 Å². The van der Waals surface area contributed by atoms with Crippen LogP contribution in [0.1, 0.15) is 26.6 Å². The normalized spacial score (nSPS) is 22.5. The summed E-state index contributed by atoms with van der Waals surface area (Å²) in [5.41, 5.74) is -0.106. The van der Waals surface area contributed by atoms with E-state index in [1.54, 1.807) is 6.20 Å². The van der Waals surface area contributed by atoms with Gasteiger partial charge in [-0.15, -0.1) is 0 Å². The van der Waals surface area contributed by atoms with Gasteiger partial charge in [0.15, 0.2) is 6.10 Å². The summed E-state index contributed by atoms with van der Waals surface area (Å²) < 4.78 is 11.0. The van der Waals surface area contributed by atoms with Crippen molar-refractivity contribution >= 4 is 11.7 Å². The maximum Gasteiger partial charge on any atom is 0.253 e. The van der Waals surface area contributed by atoms with Crippen LogP contribution in [0.4, 0.5) is 5.82 Å². The second-order valence-electron chi connectivity index (χ2n) is 7.23. The molecule has 7 heteroatoms. The highest BCUT2D eigenvalue weighted by atomic mass is 16.5. The largest absolute Gasteiger partial charge is 0.378 e. The molecule has 7 nitrogen and oxygen atoms in total. The molecule has 0 radical (unpaired) electrons. The first-order valence-electron chi connectivity index (χ1n) is 8.52. The third-order valence-electron chi connectivity index (χ3n) is 4.30. The lowest BCUT2D eigenvalue weighted by atomic mass is 9.96. The first kappa shape index (κ1) is 17.1. The van der Waals surface area contributed by atoms with Crippen molar-refractivity contribution in [2.45, 2.75) is 32.3 Å². The Morgan fingerprint density at radius 2 is 1.96 bits per heavy atom. The van der Waals surface area contributed by atoms with Gasteiger partial charge in [-0.1, -0.05) is 20.8 Å². The Kier molecular flexibility index (Phi) is 5.01. The number of hydrogen-bond acceptors (Lipinski definition) is 6. The molecule has 2 saturated heterocycles. The standard InChI is InChI=1S/C17H26N4O3/c1-17(2,3)16-18-5-4-14(19-16)21-8-11-24-13(12-21)15(22)20-6-9-23-10-7-20/h4-5,13H,6-12H2,1-3H3. The Morgan fingerprint density at radius 1 is 1.21 bits per heavy atom. The van der Waals surface area contributed by atoms with E-state index in [0.29, 0.717) is 39.5 Å². The van der Waals surface area contributed by atoms with Gasteiger partial charge in [0.2, 0.25) is 0 Å². The Hall–Kier alpha value is -1.73. The molecule has 1 unspecified atom stereocenters. The van der Waals surface area contributed by atoms with Crippen LogP contribution in [0.15, 0.2) is 12.3 Å². The van der Waals surface area contributed by atoms with Crippen molar-refractivity contribution in [1.82, 2.24) is 14.9 Å². The molecule has 132 valence electrons. The minimum atomic E-state index is -0.440. The number of anilines is 1. The molecule has 1 amide bonds. The molecule has 1 aromatic heterocycles. The SMILES string of the molecule is CC(C)(C)c1nccc(N2CCOC(C(=O)N3CCOCC3)C2)n1. The van der Waals surface area contributed by atoms with E-state index in [2.05, 4.69) is 35.6 Å². The fraction of sp³-hybridized carbons (Fsp3) is 0.706. The lowest BCUT2D eigenvalue weighted by molar-refractivity contribution is -0.148. The Morgan fingerprint density at radius 3 is 2.67 bits per heavy atom. The van der Waals surface area contributed by atoms with Gasteiger partial charge in [-0.25, -0.2) is 9.97 Å². The zero-order valence-corrected chi connectivity index (χ0v) is 14.7. The minimum absolute atomic E-state index is 0.0492. The van der Waals surface area contributed by atoms with Crippen LogP contribution in [0.3, 0.4) is 0 Å². The van der Waals surface area contributed by atoms with Crippen molar-refractivity contribution in [1.29, 1.82) is 0 Å². The van der Waals surface area contributed by atoms with E-state index in [4.69, 9.17) is 9.47 Å². The predicted octanol–water partition coefficient (Wildman–Crippen LogP) is 0.838. The molecule has 2 fully saturated rings. The number of rotatable bonds is 2. The monoisotopic (exact) mass is 334 g/mol. The molecule has 0 spiro atoms. The summed E-state index contributed by atoms with van der Waals surface area (Å²) in [4.78, 5) is 25.7. The van der Waals surface area contributed by atoms with E-state index in [1.165, 1.54) is 0 Å². The van der Waals surface area contributed by atoms with Crippen molar-refractivity contribution in [3.63, 3.8) is 0 Å². The van der Waals surface area contributed by atoms with Crippen molar-refractivity contribution in [3.8, 4) is 0 Å². The van der Waals surface area contributed by atoms with Crippen molar-refractivity contribution in [3.05, 3.63) is 18.1 Å². The van der Waals surface area contributed by atoms with E-state index in [1.807, 2.05) is 11.0 Å². The van der Waals surface area contributed by atoms with Gasteiger partial charge in [0.05, 0.1) is 26.4 Å². The Bertz CT molecular complexity index is 581. The molecule has 0 aliphatic carbocycles. The number of ether oxygens (including phenoxy) is 2. The van der Waals surface area contributed by atoms with E-state index >= 15 is 0 Å². The second kappa shape index (κ2) is 7.03. The number of carbonyl (C=O) groups is 1. The van der Waals surface area contributed by atoms with Crippen LogP contribution < -0.4 is 4.90 Å². The summed E-state index contributed by atoms with van der Waals surface area (Å²) in [6, 6.07) is 1.90. The minimum Gasteiger partial charge on any atom is -0.378 e. The number of amides is 1. The molecule has 1 atom stereocenters. The van der Waals surface area contributed by atoms with Crippen molar-refractivity contribution in [2.75, 3.05) is 50.9 Å². The van der Waals surface area contributed by atoms with Crippen molar-refractivity contribution in [2.24, 2.45) is 0 Å². The molecule has 0 bridgehead atoms. The predicted molar refractivity (Wildman–Crippen MR) is 90.1 cm³/mol. The van der Waals surface area contributed by atoms with Crippen LogP contribution >= 0.6 is 0 Å². The van der Waals surface area contributed by atoms with Gasteiger partial charge in [-0.2, -0.15) is 0 Å². The van der Waals surface area contributed by atoms with Gasteiger partial charge >= 0.3 is 0 Å². The summed E-state index contributed by atoms with van der Waals surface area (Å²) in [5, 5.41) is 0. The maximum atomic E-state index is 12.6. The highest BCUT2D eigenvalue weighted by Gasteiger charge is 2.32. The average Bonchev–Trinajstić information content (AvgIpc) is 2.61. The van der Waals surface area contributed by atoms with Gasteiger partial charge in [0.25, 0.3) is 5.91 Å². The van der Waals surface area contributed by atoms with E-state index in [-0.39, 0.29) is 11.3 Å². The van der Waals surface area contributed by atoms with Crippen molar-refractivity contribution < 1.29 is 14.3 Å². The smallest absolute Gasteiger partial charge is 0.253 e. The summed E-state index contributed by atoms with van der Waals surface area (Å²) in [6.07, 6.45) is 1.35. The average molecular weight is 334 g/mol. The highest BCUT2D eigenvalue weighted by Crippen LogP contribution is 2.22. The van der Waals surface area contributed by atoms with Gasteiger partial charge in [-0.3, -0.25) is 4.79 Å². The zero-order valence-electron chi connectivity index (χ0n) is 14.7. The second-order valence-corrected chi connectivity index (χ2v) is 7.23. The van der Waals surface area contributed by atoms with E-state index in [0.717, 1.165) is 18.2 Å². The summed E-state index contributed by atoms with van der Waals surface area (Å²) >= 11 is 0. The molecule has 1 aromatic rings. The first-order valence-corrected chi connectivity index (χ1v) is 8.52. The fourth-order valence-corrected chi connectivity index (χ4v) is 2.88. The number of nitrogens with zero attached hydrogens (tertiary/aromatic N) is 4. The molecule has 0 saturated carbocycles.